The summed E-state index contributed by atoms with van der Waals surface area (Å²) in [6.07, 6.45) is -2.58. The van der Waals surface area contributed by atoms with Crippen LogP contribution in [0.1, 0.15) is 11.1 Å². The summed E-state index contributed by atoms with van der Waals surface area (Å²) in [5.41, 5.74) is -0.362. The van der Waals surface area contributed by atoms with Crippen LogP contribution in [0.5, 0.6) is 0 Å². The molecule has 0 amide bonds. The molecular weight excluding hydrogens is 379 g/mol. The molecule has 0 radical (unpaired) electrons. The van der Waals surface area contributed by atoms with Gasteiger partial charge in [-0.3, -0.25) is 4.99 Å². The number of halogens is 3. The van der Waals surface area contributed by atoms with E-state index in [9.17, 15) is 13.2 Å². The average Bonchev–Trinajstić information content (AvgIpc) is 2.74. The molecule has 1 fully saturated rings. The Balaban J connectivity index is 1.52. The Morgan fingerprint density at radius 1 is 1.14 bits per heavy atom. The highest BCUT2D eigenvalue weighted by molar-refractivity contribution is 5.80. The number of aromatic nitrogens is 1. The van der Waals surface area contributed by atoms with Crippen LogP contribution in [0.3, 0.4) is 0 Å². The van der Waals surface area contributed by atoms with Gasteiger partial charge in [0.2, 0.25) is 0 Å². The molecule has 5 nitrogen and oxygen atoms in total. The van der Waals surface area contributed by atoms with Crippen LogP contribution in [0.4, 0.5) is 19.0 Å². The Morgan fingerprint density at radius 3 is 2.59 bits per heavy atom. The van der Waals surface area contributed by atoms with Gasteiger partial charge in [-0.1, -0.05) is 24.0 Å². The maximum absolute atomic E-state index is 12.8. The fourth-order valence-electron chi connectivity index (χ4n) is 3.06. The van der Waals surface area contributed by atoms with Crippen LogP contribution >= 0.6 is 0 Å². The van der Waals surface area contributed by atoms with Gasteiger partial charge in [0.25, 0.3) is 0 Å². The van der Waals surface area contributed by atoms with Crippen molar-refractivity contribution >= 4 is 11.8 Å². The lowest BCUT2D eigenvalue weighted by Gasteiger charge is -2.36. The van der Waals surface area contributed by atoms with E-state index in [1.165, 1.54) is 6.07 Å². The van der Waals surface area contributed by atoms with E-state index in [1.54, 1.807) is 19.3 Å². The number of hydrogen-bond donors (Lipinski definition) is 1. The van der Waals surface area contributed by atoms with Gasteiger partial charge in [-0.2, -0.15) is 13.2 Å². The van der Waals surface area contributed by atoms with Crippen LogP contribution in [0.2, 0.25) is 0 Å². The molecule has 152 valence electrons. The van der Waals surface area contributed by atoms with Gasteiger partial charge in [0.1, 0.15) is 5.82 Å². The number of nitrogens with zero attached hydrogens (tertiary/aromatic N) is 4. The number of nitrogens with one attached hydrogen (secondary N) is 1. The van der Waals surface area contributed by atoms with Crippen LogP contribution in [-0.2, 0) is 6.18 Å². The molecule has 1 N–H and O–H groups in total. The maximum atomic E-state index is 12.8. The Labute approximate surface area is 168 Å². The minimum absolute atomic E-state index is 0.295. The predicted molar refractivity (Wildman–Crippen MR) is 108 cm³/mol. The van der Waals surface area contributed by atoms with Crippen molar-refractivity contribution in [2.24, 2.45) is 4.99 Å². The molecule has 2 heterocycles. The predicted octanol–water partition coefficient (Wildman–Crippen LogP) is 2.85. The molecular formula is C21H22F3N5. The van der Waals surface area contributed by atoms with Crippen LogP contribution in [0.25, 0.3) is 0 Å². The minimum atomic E-state index is -4.37. The highest BCUT2D eigenvalue weighted by Gasteiger charge is 2.30. The van der Waals surface area contributed by atoms with Gasteiger partial charge in [-0.05, 0) is 30.3 Å². The fraction of sp³-hybridized carbons (Fsp3) is 0.333. The van der Waals surface area contributed by atoms with Crippen molar-refractivity contribution in [3.63, 3.8) is 0 Å². The Morgan fingerprint density at radius 2 is 1.93 bits per heavy atom. The third kappa shape index (κ3) is 5.64. The number of aliphatic imine (C=N–C) groups is 1. The summed E-state index contributed by atoms with van der Waals surface area (Å²) in [5, 5.41) is 3.15. The molecule has 0 saturated carbocycles. The summed E-state index contributed by atoms with van der Waals surface area (Å²) in [5.74, 6) is 7.31. The van der Waals surface area contributed by atoms with Crippen molar-refractivity contribution in [1.82, 2.24) is 15.2 Å². The second kappa shape index (κ2) is 9.32. The molecule has 0 bridgehead atoms. The van der Waals surface area contributed by atoms with Gasteiger partial charge >= 0.3 is 6.18 Å². The van der Waals surface area contributed by atoms with Gasteiger partial charge in [0.15, 0.2) is 5.96 Å². The van der Waals surface area contributed by atoms with E-state index in [2.05, 4.69) is 36.9 Å². The summed E-state index contributed by atoms with van der Waals surface area (Å²) >= 11 is 0. The zero-order valence-corrected chi connectivity index (χ0v) is 16.1. The topological polar surface area (TPSA) is 43.8 Å². The zero-order valence-electron chi connectivity index (χ0n) is 16.1. The van der Waals surface area contributed by atoms with E-state index in [0.29, 0.717) is 12.1 Å². The number of pyridine rings is 1. The first kappa shape index (κ1) is 20.5. The second-order valence-corrected chi connectivity index (χ2v) is 6.44. The first-order valence-electron chi connectivity index (χ1n) is 9.25. The molecule has 1 aromatic heterocycles. The van der Waals surface area contributed by atoms with Gasteiger partial charge in [-0.15, -0.1) is 0 Å². The molecule has 0 spiro atoms. The van der Waals surface area contributed by atoms with Crippen molar-refractivity contribution < 1.29 is 13.2 Å². The highest BCUT2D eigenvalue weighted by Crippen LogP contribution is 2.29. The second-order valence-electron chi connectivity index (χ2n) is 6.44. The first-order chi connectivity index (χ1) is 14.0. The van der Waals surface area contributed by atoms with E-state index in [4.69, 9.17) is 0 Å². The van der Waals surface area contributed by atoms with Crippen LogP contribution < -0.4 is 10.2 Å². The summed E-state index contributed by atoms with van der Waals surface area (Å²) in [6.45, 7) is 3.53. The minimum Gasteiger partial charge on any atom is -0.353 e. The van der Waals surface area contributed by atoms with E-state index >= 15 is 0 Å². The molecule has 1 saturated heterocycles. The molecule has 1 aliphatic rings. The van der Waals surface area contributed by atoms with Crippen LogP contribution in [-0.4, -0.2) is 55.6 Å². The lowest BCUT2D eigenvalue weighted by molar-refractivity contribution is -0.137. The number of anilines is 1. The molecule has 29 heavy (non-hydrogen) atoms. The number of alkyl halides is 3. The molecule has 1 aliphatic heterocycles. The molecule has 0 aliphatic carbocycles. The Bertz CT molecular complexity index is 892. The highest BCUT2D eigenvalue weighted by atomic mass is 19.4. The molecule has 2 aromatic rings. The fourth-order valence-corrected chi connectivity index (χ4v) is 3.06. The summed E-state index contributed by atoms with van der Waals surface area (Å²) in [7, 11) is 1.70. The lowest BCUT2D eigenvalue weighted by atomic mass is 10.1. The Kier molecular flexibility index (Phi) is 6.60. The third-order valence-electron chi connectivity index (χ3n) is 4.52. The lowest BCUT2D eigenvalue weighted by Crippen LogP contribution is -2.52. The summed E-state index contributed by atoms with van der Waals surface area (Å²) in [4.78, 5) is 13.0. The largest absolute Gasteiger partial charge is 0.416 e. The first-order valence-corrected chi connectivity index (χ1v) is 9.25. The quantitative estimate of drug-likeness (QED) is 0.478. The molecule has 1 aromatic carbocycles. The number of piperazine rings is 1. The number of guanidine groups is 1. The van der Waals surface area contributed by atoms with E-state index in [1.807, 2.05) is 18.2 Å². The van der Waals surface area contributed by atoms with Crippen molar-refractivity contribution in [2.45, 2.75) is 6.18 Å². The third-order valence-corrected chi connectivity index (χ3v) is 4.52. The van der Waals surface area contributed by atoms with Gasteiger partial charge in [0.05, 0.1) is 12.1 Å². The van der Waals surface area contributed by atoms with E-state index in [-0.39, 0.29) is 0 Å². The van der Waals surface area contributed by atoms with Crippen LogP contribution in [0, 0.1) is 11.8 Å². The SMILES string of the molecule is CN=C(NCC#Cc1cccc(C(F)(F)F)c1)N1CCN(c2ccccn2)CC1. The monoisotopic (exact) mass is 401 g/mol. The smallest absolute Gasteiger partial charge is 0.353 e. The van der Waals surface area contributed by atoms with E-state index in [0.717, 1.165) is 50.1 Å². The van der Waals surface area contributed by atoms with Gasteiger partial charge in [0, 0.05) is 45.0 Å². The van der Waals surface area contributed by atoms with Crippen molar-refractivity contribution in [3.05, 3.63) is 59.8 Å². The van der Waals surface area contributed by atoms with Crippen molar-refractivity contribution in [3.8, 4) is 11.8 Å². The summed E-state index contributed by atoms with van der Waals surface area (Å²) in [6, 6.07) is 10.9. The molecule has 3 rings (SSSR count). The van der Waals surface area contributed by atoms with E-state index < -0.39 is 11.7 Å². The normalized spacial score (nSPS) is 15.0. The van der Waals surface area contributed by atoms with Crippen molar-refractivity contribution in [2.75, 3.05) is 44.7 Å². The number of benzene rings is 1. The molecule has 0 atom stereocenters. The molecule has 0 unspecified atom stereocenters. The maximum Gasteiger partial charge on any atom is 0.416 e. The number of rotatable bonds is 2. The van der Waals surface area contributed by atoms with Gasteiger partial charge < -0.3 is 15.1 Å². The van der Waals surface area contributed by atoms with Crippen LogP contribution in [0.15, 0.2) is 53.7 Å². The zero-order chi connectivity index (χ0) is 20.7. The Hall–Kier alpha value is -3.21. The van der Waals surface area contributed by atoms with Gasteiger partial charge in [-0.25, -0.2) is 4.98 Å². The summed E-state index contributed by atoms with van der Waals surface area (Å²) < 4.78 is 38.3. The standard InChI is InChI=1S/C21H22F3N5/c1-25-20(29-14-12-28(13-15-29)19-9-2-3-10-26-19)27-11-5-7-17-6-4-8-18(16-17)21(22,23)24/h2-4,6,8-10,16H,11-15H2,1H3,(H,25,27). The number of hydrogen-bond acceptors (Lipinski definition) is 3. The molecule has 8 heteroatoms. The van der Waals surface area contributed by atoms with Crippen molar-refractivity contribution in [1.29, 1.82) is 0 Å². The average molecular weight is 401 g/mol.